The number of hydrogen-bond acceptors (Lipinski definition) is 4. The number of thiophene rings is 1. The van der Waals surface area contributed by atoms with Crippen LogP contribution in [0.5, 0.6) is 0 Å². The molecule has 2 heterocycles. The second-order valence-corrected chi connectivity index (χ2v) is 5.11. The van der Waals surface area contributed by atoms with Crippen molar-refractivity contribution in [1.82, 2.24) is 15.1 Å². The third kappa shape index (κ3) is 2.59. The third-order valence-corrected chi connectivity index (χ3v) is 3.69. The molecule has 0 bridgehead atoms. The number of nitrogens with zero attached hydrogens (tertiary/aromatic N) is 2. The summed E-state index contributed by atoms with van der Waals surface area (Å²) in [5.74, 6) is -0.185. The maximum atomic E-state index is 12.0. The van der Waals surface area contributed by atoms with Crippen LogP contribution < -0.4 is 10.9 Å². The van der Waals surface area contributed by atoms with Crippen molar-refractivity contribution < 1.29 is 4.79 Å². The zero-order valence-corrected chi connectivity index (χ0v) is 11.2. The molecule has 2 rings (SSSR count). The van der Waals surface area contributed by atoms with Crippen molar-refractivity contribution in [2.24, 2.45) is 0 Å². The predicted octanol–water partition coefficient (Wildman–Crippen LogP) is 1.37. The highest BCUT2D eigenvalue weighted by molar-refractivity contribution is 7.17. The van der Waals surface area contributed by atoms with Crippen LogP contribution in [0.25, 0.3) is 10.1 Å². The van der Waals surface area contributed by atoms with Crippen LogP contribution in [0.2, 0.25) is 0 Å². The second-order valence-electron chi connectivity index (χ2n) is 4.19. The van der Waals surface area contributed by atoms with E-state index in [1.54, 1.807) is 6.20 Å². The SMILES string of the molecule is CCC(C)NC(=O)Cn1ncc2ccsc2c1=O. The standard InChI is InChI=1S/C12H15N3O2S/c1-3-8(2)14-10(16)7-15-12(17)11-9(6-13-15)4-5-18-11/h4-6,8H,3,7H2,1-2H3,(H,14,16). The Balaban J connectivity index is 2.19. The van der Waals surface area contributed by atoms with E-state index in [0.717, 1.165) is 11.8 Å². The Kier molecular flexibility index (Phi) is 3.76. The van der Waals surface area contributed by atoms with Gasteiger partial charge in [-0.25, -0.2) is 4.68 Å². The molecule has 0 aromatic carbocycles. The molecule has 0 aliphatic rings. The number of nitrogens with one attached hydrogen (secondary N) is 1. The fourth-order valence-electron chi connectivity index (χ4n) is 1.57. The lowest BCUT2D eigenvalue weighted by Crippen LogP contribution is -2.37. The van der Waals surface area contributed by atoms with Crippen molar-refractivity contribution in [2.45, 2.75) is 32.9 Å². The summed E-state index contributed by atoms with van der Waals surface area (Å²) in [7, 11) is 0. The number of rotatable bonds is 4. The summed E-state index contributed by atoms with van der Waals surface area (Å²) < 4.78 is 1.85. The molecule has 2 aromatic heterocycles. The topological polar surface area (TPSA) is 64.0 Å². The summed E-state index contributed by atoms with van der Waals surface area (Å²) in [6.07, 6.45) is 2.47. The molecule has 0 spiro atoms. The molecule has 0 radical (unpaired) electrons. The van der Waals surface area contributed by atoms with Crippen molar-refractivity contribution in [3.8, 4) is 0 Å². The van der Waals surface area contributed by atoms with Gasteiger partial charge in [-0.3, -0.25) is 9.59 Å². The Bertz CT molecular complexity index is 617. The first kappa shape index (κ1) is 12.8. The number of amides is 1. The fourth-order valence-corrected chi connectivity index (χ4v) is 2.38. The van der Waals surface area contributed by atoms with Crippen LogP contribution in [-0.4, -0.2) is 21.7 Å². The number of carbonyl (C=O) groups is 1. The molecule has 0 aliphatic carbocycles. The third-order valence-electron chi connectivity index (χ3n) is 2.77. The van der Waals surface area contributed by atoms with E-state index in [4.69, 9.17) is 0 Å². The molecule has 1 atom stereocenters. The van der Waals surface area contributed by atoms with Crippen LogP contribution in [0.1, 0.15) is 20.3 Å². The summed E-state index contributed by atoms with van der Waals surface area (Å²) in [6, 6.07) is 1.96. The average molecular weight is 265 g/mol. The first-order valence-electron chi connectivity index (χ1n) is 5.84. The average Bonchev–Trinajstić information content (AvgIpc) is 2.81. The fraction of sp³-hybridized carbons (Fsp3) is 0.417. The molecule has 0 saturated carbocycles. The molecule has 96 valence electrons. The molecule has 6 heteroatoms. The summed E-state index contributed by atoms with van der Waals surface area (Å²) in [6.45, 7) is 3.89. The van der Waals surface area contributed by atoms with Crippen molar-refractivity contribution in [2.75, 3.05) is 0 Å². The molecule has 0 aliphatic heterocycles. The highest BCUT2D eigenvalue weighted by atomic mass is 32.1. The van der Waals surface area contributed by atoms with Crippen LogP contribution in [0.4, 0.5) is 0 Å². The van der Waals surface area contributed by atoms with E-state index in [9.17, 15) is 9.59 Å². The zero-order valence-electron chi connectivity index (χ0n) is 10.3. The number of carbonyl (C=O) groups excluding carboxylic acids is 1. The molecule has 1 unspecified atom stereocenters. The summed E-state index contributed by atoms with van der Waals surface area (Å²) in [5.41, 5.74) is -0.207. The van der Waals surface area contributed by atoms with Gasteiger partial charge in [-0.15, -0.1) is 11.3 Å². The van der Waals surface area contributed by atoms with Crippen LogP contribution >= 0.6 is 11.3 Å². The first-order chi connectivity index (χ1) is 8.61. The van der Waals surface area contributed by atoms with E-state index in [1.807, 2.05) is 25.3 Å². The molecular weight excluding hydrogens is 250 g/mol. The van der Waals surface area contributed by atoms with Gasteiger partial charge < -0.3 is 5.32 Å². The lowest BCUT2D eigenvalue weighted by Gasteiger charge is -2.11. The minimum absolute atomic E-state index is 0.0307. The molecule has 0 fully saturated rings. The van der Waals surface area contributed by atoms with Gasteiger partial charge in [0.05, 0.1) is 6.20 Å². The van der Waals surface area contributed by atoms with Gasteiger partial charge in [-0.05, 0) is 24.8 Å². The van der Waals surface area contributed by atoms with Gasteiger partial charge in [-0.2, -0.15) is 5.10 Å². The molecule has 1 N–H and O–H groups in total. The maximum Gasteiger partial charge on any atom is 0.285 e. The number of fused-ring (bicyclic) bond motifs is 1. The van der Waals surface area contributed by atoms with Crippen LogP contribution in [-0.2, 0) is 11.3 Å². The molecule has 0 saturated heterocycles. The Hall–Kier alpha value is -1.69. The molecule has 5 nitrogen and oxygen atoms in total. The normalized spacial score (nSPS) is 12.6. The van der Waals surface area contributed by atoms with E-state index in [1.165, 1.54) is 16.0 Å². The van der Waals surface area contributed by atoms with Gasteiger partial charge in [0, 0.05) is 11.4 Å². The van der Waals surface area contributed by atoms with Gasteiger partial charge in [0.15, 0.2) is 0 Å². The summed E-state index contributed by atoms with van der Waals surface area (Å²) >= 11 is 1.37. The Morgan fingerprint density at radius 2 is 2.39 bits per heavy atom. The smallest absolute Gasteiger partial charge is 0.285 e. The monoisotopic (exact) mass is 265 g/mol. The summed E-state index contributed by atoms with van der Waals surface area (Å²) in [4.78, 5) is 23.7. The van der Waals surface area contributed by atoms with E-state index in [0.29, 0.717) is 4.70 Å². The Morgan fingerprint density at radius 3 is 3.11 bits per heavy atom. The molecule has 1 amide bonds. The van der Waals surface area contributed by atoms with Crippen molar-refractivity contribution >= 4 is 27.3 Å². The predicted molar refractivity (Wildman–Crippen MR) is 71.8 cm³/mol. The summed E-state index contributed by atoms with van der Waals surface area (Å²) in [5, 5.41) is 9.48. The zero-order chi connectivity index (χ0) is 13.1. The Labute approximate surface area is 108 Å². The number of aromatic nitrogens is 2. The quantitative estimate of drug-likeness (QED) is 0.908. The second kappa shape index (κ2) is 5.30. The highest BCUT2D eigenvalue weighted by Gasteiger charge is 2.10. The van der Waals surface area contributed by atoms with E-state index in [-0.39, 0.29) is 24.1 Å². The maximum absolute atomic E-state index is 12.0. The van der Waals surface area contributed by atoms with Gasteiger partial charge in [0.25, 0.3) is 5.56 Å². The van der Waals surface area contributed by atoms with Gasteiger partial charge in [-0.1, -0.05) is 6.92 Å². The van der Waals surface area contributed by atoms with E-state index < -0.39 is 0 Å². The van der Waals surface area contributed by atoms with E-state index >= 15 is 0 Å². The largest absolute Gasteiger partial charge is 0.352 e. The molecule has 2 aromatic rings. The Morgan fingerprint density at radius 1 is 1.61 bits per heavy atom. The molecule has 18 heavy (non-hydrogen) atoms. The minimum atomic E-state index is -0.207. The van der Waals surface area contributed by atoms with Crippen molar-refractivity contribution in [3.05, 3.63) is 28.0 Å². The number of hydrogen-bond donors (Lipinski definition) is 1. The highest BCUT2D eigenvalue weighted by Crippen LogP contribution is 2.14. The van der Waals surface area contributed by atoms with Crippen LogP contribution in [0, 0.1) is 0 Å². The van der Waals surface area contributed by atoms with Gasteiger partial charge in [0.2, 0.25) is 5.91 Å². The van der Waals surface area contributed by atoms with Gasteiger partial charge in [0.1, 0.15) is 11.2 Å². The van der Waals surface area contributed by atoms with E-state index in [2.05, 4.69) is 10.4 Å². The minimum Gasteiger partial charge on any atom is -0.352 e. The van der Waals surface area contributed by atoms with Gasteiger partial charge >= 0.3 is 0 Å². The van der Waals surface area contributed by atoms with Crippen LogP contribution in [0.15, 0.2) is 22.4 Å². The van der Waals surface area contributed by atoms with Crippen LogP contribution in [0.3, 0.4) is 0 Å². The lowest BCUT2D eigenvalue weighted by atomic mass is 10.2. The van der Waals surface area contributed by atoms with Crippen molar-refractivity contribution in [1.29, 1.82) is 0 Å². The lowest BCUT2D eigenvalue weighted by molar-refractivity contribution is -0.122. The first-order valence-corrected chi connectivity index (χ1v) is 6.72. The molecular formula is C12H15N3O2S. The van der Waals surface area contributed by atoms with Crippen molar-refractivity contribution in [3.63, 3.8) is 0 Å².